The molecule has 140 valence electrons. The van der Waals surface area contributed by atoms with Crippen molar-refractivity contribution in [3.63, 3.8) is 0 Å². The maximum absolute atomic E-state index is 12.4. The molecule has 1 N–H and O–H groups in total. The average Bonchev–Trinajstić information content (AvgIpc) is 2.62. The van der Waals surface area contributed by atoms with E-state index in [1.54, 1.807) is 26.2 Å². The molecule has 0 radical (unpaired) electrons. The first kappa shape index (κ1) is 20.3. The van der Waals surface area contributed by atoms with Crippen LogP contribution in [0.15, 0.2) is 58.3 Å². The molecule has 2 aromatic carbocycles. The number of rotatable bonds is 7. The third-order valence-corrected chi connectivity index (χ3v) is 6.54. The third-order valence-electron chi connectivity index (χ3n) is 3.62. The summed E-state index contributed by atoms with van der Waals surface area (Å²) in [4.78, 5) is 13.5. The van der Waals surface area contributed by atoms with Crippen molar-refractivity contribution in [1.29, 1.82) is 0 Å². The van der Waals surface area contributed by atoms with Gasteiger partial charge in [0.25, 0.3) is 0 Å². The molecule has 0 spiro atoms. The van der Waals surface area contributed by atoms with Crippen LogP contribution < -0.4 is 10.1 Å². The number of nitrogens with one attached hydrogen (secondary N) is 1. The van der Waals surface area contributed by atoms with Gasteiger partial charge in [-0.25, -0.2) is 12.7 Å². The second-order valence-electron chi connectivity index (χ2n) is 5.74. The lowest BCUT2D eigenvalue weighted by atomic mass is 10.3. The van der Waals surface area contributed by atoms with Crippen molar-refractivity contribution in [1.82, 2.24) is 4.31 Å². The van der Waals surface area contributed by atoms with Crippen LogP contribution >= 0.6 is 11.8 Å². The summed E-state index contributed by atoms with van der Waals surface area (Å²) in [5.41, 5.74) is 0.445. The van der Waals surface area contributed by atoms with E-state index >= 15 is 0 Å². The van der Waals surface area contributed by atoms with Gasteiger partial charge in [0.2, 0.25) is 15.9 Å². The SMILES string of the molecule is COc1ccc(S[C@H](C)C(=O)Nc2cccc(S(=O)(=O)N(C)C)c2)cc1. The Balaban J connectivity index is 2.06. The smallest absolute Gasteiger partial charge is 0.242 e. The first-order valence-electron chi connectivity index (χ1n) is 7.88. The van der Waals surface area contributed by atoms with E-state index in [9.17, 15) is 13.2 Å². The maximum atomic E-state index is 12.4. The highest BCUT2D eigenvalue weighted by Crippen LogP contribution is 2.26. The number of carbonyl (C=O) groups is 1. The standard InChI is InChI=1S/C18H22N2O4S2/c1-13(25-16-10-8-15(24-4)9-11-16)18(21)19-14-6-5-7-17(12-14)26(22,23)20(2)3/h5-13H,1-4H3,(H,19,21)/t13-/m1/s1. The van der Waals surface area contributed by atoms with Gasteiger partial charge in [0.1, 0.15) is 5.75 Å². The van der Waals surface area contributed by atoms with Gasteiger partial charge in [0, 0.05) is 24.7 Å². The summed E-state index contributed by atoms with van der Waals surface area (Å²) in [6, 6.07) is 13.7. The van der Waals surface area contributed by atoms with Crippen LogP contribution in [0.25, 0.3) is 0 Å². The zero-order chi connectivity index (χ0) is 19.3. The Kier molecular flexibility index (Phi) is 6.69. The third kappa shape index (κ3) is 5.00. The van der Waals surface area contributed by atoms with Crippen LogP contribution in [0.5, 0.6) is 5.75 Å². The van der Waals surface area contributed by atoms with E-state index in [0.717, 1.165) is 15.0 Å². The Morgan fingerprint density at radius 2 is 1.81 bits per heavy atom. The number of benzene rings is 2. The molecule has 1 atom stereocenters. The van der Waals surface area contributed by atoms with Crippen molar-refractivity contribution in [3.05, 3.63) is 48.5 Å². The van der Waals surface area contributed by atoms with Crippen molar-refractivity contribution in [2.75, 3.05) is 26.5 Å². The zero-order valence-electron chi connectivity index (χ0n) is 15.1. The predicted octanol–water partition coefficient (Wildman–Crippen LogP) is 3.06. The summed E-state index contributed by atoms with van der Waals surface area (Å²) in [6.07, 6.45) is 0. The van der Waals surface area contributed by atoms with Crippen LogP contribution in [-0.4, -0.2) is 45.1 Å². The fourth-order valence-electron chi connectivity index (χ4n) is 2.10. The van der Waals surface area contributed by atoms with E-state index in [-0.39, 0.29) is 16.1 Å². The molecule has 0 unspecified atom stereocenters. The average molecular weight is 395 g/mol. The van der Waals surface area contributed by atoms with Gasteiger partial charge >= 0.3 is 0 Å². The van der Waals surface area contributed by atoms with Crippen molar-refractivity contribution < 1.29 is 17.9 Å². The van der Waals surface area contributed by atoms with Crippen LogP contribution in [0, 0.1) is 0 Å². The molecule has 0 aliphatic rings. The number of hydrogen-bond acceptors (Lipinski definition) is 5. The number of ether oxygens (including phenoxy) is 1. The highest BCUT2D eigenvalue weighted by molar-refractivity contribution is 8.00. The molecule has 0 aromatic heterocycles. The topological polar surface area (TPSA) is 75.7 Å². The molecule has 0 saturated heterocycles. The van der Waals surface area contributed by atoms with Gasteiger partial charge in [-0.15, -0.1) is 11.8 Å². The van der Waals surface area contributed by atoms with Gasteiger partial charge in [-0.3, -0.25) is 4.79 Å². The second-order valence-corrected chi connectivity index (χ2v) is 9.31. The molecule has 0 aliphatic carbocycles. The summed E-state index contributed by atoms with van der Waals surface area (Å²) in [5.74, 6) is 0.551. The summed E-state index contributed by atoms with van der Waals surface area (Å²) in [6.45, 7) is 1.80. The highest BCUT2D eigenvalue weighted by Gasteiger charge is 2.19. The quantitative estimate of drug-likeness (QED) is 0.731. The minimum Gasteiger partial charge on any atom is -0.497 e. The number of amides is 1. The largest absolute Gasteiger partial charge is 0.497 e. The van der Waals surface area contributed by atoms with Crippen molar-refractivity contribution in [3.8, 4) is 5.75 Å². The minimum atomic E-state index is -3.55. The van der Waals surface area contributed by atoms with Crippen LogP contribution in [0.1, 0.15) is 6.92 Å². The predicted molar refractivity (Wildman–Crippen MR) is 104 cm³/mol. The van der Waals surface area contributed by atoms with Crippen molar-refractivity contribution >= 4 is 33.4 Å². The summed E-state index contributed by atoms with van der Waals surface area (Å²) in [7, 11) is 0.987. The Hall–Kier alpha value is -2.03. The number of carbonyl (C=O) groups excluding carboxylic acids is 1. The van der Waals surface area contributed by atoms with Crippen molar-refractivity contribution in [2.45, 2.75) is 22.0 Å². The first-order chi connectivity index (χ1) is 12.2. The monoisotopic (exact) mass is 394 g/mol. The number of anilines is 1. The van der Waals surface area contributed by atoms with E-state index in [0.29, 0.717) is 5.69 Å². The molecule has 1 amide bonds. The number of methoxy groups -OCH3 is 1. The normalized spacial score (nSPS) is 12.7. The van der Waals surface area contributed by atoms with E-state index in [1.807, 2.05) is 24.3 Å². The molecule has 26 heavy (non-hydrogen) atoms. The molecule has 0 fully saturated rings. The van der Waals surface area contributed by atoms with Gasteiger partial charge < -0.3 is 10.1 Å². The molecule has 8 heteroatoms. The van der Waals surface area contributed by atoms with Crippen LogP contribution in [-0.2, 0) is 14.8 Å². The lowest BCUT2D eigenvalue weighted by Gasteiger charge is -2.14. The Labute approximate surface area is 158 Å². The fourth-order valence-corrected chi connectivity index (χ4v) is 3.92. The first-order valence-corrected chi connectivity index (χ1v) is 10.2. The van der Waals surface area contributed by atoms with Gasteiger partial charge in [0.15, 0.2) is 0 Å². The van der Waals surface area contributed by atoms with Gasteiger partial charge in [-0.05, 0) is 49.4 Å². The lowest BCUT2D eigenvalue weighted by Crippen LogP contribution is -2.24. The van der Waals surface area contributed by atoms with Crippen LogP contribution in [0.2, 0.25) is 0 Å². The summed E-state index contributed by atoms with van der Waals surface area (Å²) < 4.78 is 30.6. The molecule has 0 heterocycles. The molecular formula is C18H22N2O4S2. The lowest BCUT2D eigenvalue weighted by molar-refractivity contribution is -0.115. The molecular weight excluding hydrogens is 372 g/mol. The van der Waals surface area contributed by atoms with E-state index in [4.69, 9.17) is 4.74 Å². The molecule has 0 bridgehead atoms. The van der Waals surface area contributed by atoms with E-state index in [2.05, 4.69) is 5.32 Å². The molecule has 2 aromatic rings. The Bertz CT molecular complexity index is 865. The van der Waals surface area contributed by atoms with Crippen molar-refractivity contribution in [2.24, 2.45) is 0 Å². The van der Waals surface area contributed by atoms with Gasteiger partial charge in [0.05, 0.1) is 17.3 Å². The Morgan fingerprint density at radius 3 is 2.38 bits per heavy atom. The van der Waals surface area contributed by atoms with Gasteiger partial charge in [-0.2, -0.15) is 0 Å². The minimum absolute atomic E-state index is 0.135. The van der Waals surface area contributed by atoms with E-state index < -0.39 is 10.0 Å². The van der Waals surface area contributed by atoms with Crippen LogP contribution in [0.4, 0.5) is 5.69 Å². The fraction of sp³-hybridized carbons (Fsp3) is 0.278. The summed E-state index contributed by atoms with van der Waals surface area (Å²) >= 11 is 1.41. The molecule has 6 nitrogen and oxygen atoms in total. The van der Waals surface area contributed by atoms with E-state index in [1.165, 1.54) is 38.0 Å². The second kappa shape index (κ2) is 8.57. The highest BCUT2D eigenvalue weighted by atomic mass is 32.2. The van der Waals surface area contributed by atoms with Crippen LogP contribution in [0.3, 0.4) is 0 Å². The number of thioether (sulfide) groups is 1. The maximum Gasteiger partial charge on any atom is 0.242 e. The molecule has 2 rings (SSSR count). The zero-order valence-corrected chi connectivity index (χ0v) is 16.7. The van der Waals surface area contributed by atoms with Gasteiger partial charge in [-0.1, -0.05) is 6.07 Å². The number of sulfonamides is 1. The molecule has 0 saturated carbocycles. The Morgan fingerprint density at radius 1 is 1.15 bits per heavy atom. The molecule has 0 aliphatic heterocycles. The number of hydrogen-bond donors (Lipinski definition) is 1. The summed E-state index contributed by atoms with van der Waals surface area (Å²) in [5, 5.41) is 2.42. The number of nitrogens with zero attached hydrogens (tertiary/aromatic N) is 1.